The van der Waals surface area contributed by atoms with E-state index in [1.807, 2.05) is 21.5 Å². The van der Waals surface area contributed by atoms with Crippen molar-refractivity contribution in [2.24, 2.45) is 0 Å². The third kappa shape index (κ3) is 3.36. The Bertz CT molecular complexity index is 1270. The van der Waals surface area contributed by atoms with E-state index in [4.69, 9.17) is 0 Å². The lowest BCUT2D eigenvalue weighted by Crippen LogP contribution is -2.44. The van der Waals surface area contributed by atoms with Crippen LogP contribution in [0.4, 0.5) is 4.39 Å². The maximum absolute atomic E-state index is 14.1. The Kier molecular flexibility index (Phi) is 4.73. The molecule has 1 fully saturated rings. The van der Waals surface area contributed by atoms with E-state index >= 15 is 0 Å². The fourth-order valence-electron chi connectivity index (χ4n) is 4.50. The van der Waals surface area contributed by atoms with Gasteiger partial charge in [0.15, 0.2) is 5.65 Å². The third-order valence-corrected chi connectivity index (χ3v) is 6.12. The third-order valence-electron chi connectivity index (χ3n) is 6.12. The van der Waals surface area contributed by atoms with Crippen molar-refractivity contribution < 1.29 is 9.18 Å². The number of hydrogen-bond donors (Lipinski definition) is 0. The van der Waals surface area contributed by atoms with Crippen LogP contribution < -0.4 is 0 Å². The number of amides is 1. The highest BCUT2D eigenvalue weighted by molar-refractivity contribution is 5.95. The Hall–Kier alpha value is -3.61. The van der Waals surface area contributed by atoms with Gasteiger partial charge in [-0.05, 0) is 49.6 Å². The van der Waals surface area contributed by atoms with Crippen LogP contribution in [0.15, 0.2) is 67.1 Å². The summed E-state index contributed by atoms with van der Waals surface area (Å²) < 4.78 is 15.9. The summed E-state index contributed by atoms with van der Waals surface area (Å²) in [5.41, 5.74) is 2.97. The quantitative estimate of drug-likeness (QED) is 0.505. The van der Waals surface area contributed by atoms with Crippen molar-refractivity contribution in [2.45, 2.75) is 31.7 Å². The largest absolute Gasteiger partial charge is 0.328 e. The molecule has 0 unspecified atom stereocenters. The molecule has 0 spiro atoms. The summed E-state index contributed by atoms with van der Waals surface area (Å²) >= 11 is 0. The molecule has 0 bridgehead atoms. The average Bonchev–Trinajstić information content (AvgIpc) is 3.42. The molecule has 0 N–H and O–H groups in total. The van der Waals surface area contributed by atoms with Gasteiger partial charge in [-0.15, -0.1) is 0 Å². The van der Waals surface area contributed by atoms with Crippen LogP contribution in [0, 0.1) is 5.82 Å². The standard InChI is InChI=1S/C24H22FN5O/c1-24(21-8-12-27-22-9-13-28-30(21)22)10-4-14-29(24)23(31)18-7-11-26-19(16-18)15-17-5-2-3-6-20(17)25/h2-3,5-9,11-13,16H,4,10,14-15H2,1H3/t24-/m1/s1. The van der Waals surface area contributed by atoms with Crippen molar-refractivity contribution in [2.75, 3.05) is 6.54 Å². The number of likely N-dealkylation sites (tertiary alicyclic amines) is 1. The number of hydrogen-bond acceptors (Lipinski definition) is 4. The molecule has 31 heavy (non-hydrogen) atoms. The summed E-state index contributed by atoms with van der Waals surface area (Å²) in [6.07, 6.45) is 7.18. The van der Waals surface area contributed by atoms with E-state index in [1.165, 1.54) is 6.07 Å². The van der Waals surface area contributed by atoms with Crippen molar-refractivity contribution >= 4 is 11.6 Å². The van der Waals surface area contributed by atoms with Gasteiger partial charge in [-0.3, -0.25) is 9.78 Å². The van der Waals surface area contributed by atoms with Gasteiger partial charge < -0.3 is 4.90 Å². The molecule has 1 aliphatic heterocycles. The smallest absolute Gasteiger partial charge is 0.254 e. The Morgan fingerprint density at radius 2 is 1.94 bits per heavy atom. The van der Waals surface area contributed by atoms with Crippen LogP contribution in [-0.4, -0.2) is 36.9 Å². The van der Waals surface area contributed by atoms with E-state index in [0.29, 0.717) is 29.8 Å². The number of nitrogens with zero attached hydrogens (tertiary/aromatic N) is 5. The van der Waals surface area contributed by atoms with Gasteiger partial charge in [0.05, 0.1) is 17.4 Å². The first-order valence-electron chi connectivity index (χ1n) is 10.4. The van der Waals surface area contributed by atoms with E-state index in [1.54, 1.807) is 48.9 Å². The Labute approximate surface area is 179 Å². The maximum Gasteiger partial charge on any atom is 0.254 e. The zero-order valence-corrected chi connectivity index (χ0v) is 17.2. The van der Waals surface area contributed by atoms with Crippen molar-refractivity contribution in [1.29, 1.82) is 0 Å². The molecule has 0 saturated carbocycles. The molecule has 0 radical (unpaired) electrons. The summed E-state index contributed by atoms with van der Waals surface area (Å²) in [6.45, 7) is 2.74. The fourth-order valence-corrected chi connectivity index (χ4v) is 4.50. The topological polar surface area (TPSA) is 63.4 Å². The van der Waals surface area contributed by atoms with E-state index < -0.39 is 5.54 Å². The molecule has 156 valence electrons. The van der Waals surface area contributed by atoms with Gasteiger partial charge in [0.1, 0.15) is 5.82 Å². The zero-order valence-electron chi connectivity index (χ0n) is 17.2. The molecule has 3 aromatic heterocycles. The molecule has 1 atom stereocenters. The number of pyridine rings is 1. The van der Waals surface area contributed by atoms with Crippen LogP contribution in [0.25, 0.3) is 5.65 Å². The lowest BCUT2D eigenvalue weighted by atomic mass is 9.93. The minimum Gasteiger partial charge on any atom is -0.328 e. The first-order valence-corrected chi connectivity index (χ1v) is 10.4. The summed E-state index contributed by atoms with van der Waals surface area (Å²) in [5.74, 6) is -0.330. The first kappa shape index (κ1) is 19.4. The summed E-state index contributed by atoms with van der Waals surface area (Å²) in [6, 6.07) is 13.9. The number of fused-ring (bicyclic) bond motifs is 1. The highest BCUT2D eigenvalue weighted by Gasteiger charge is 2.43. The molecule has 1 amide bonds. The average molecular weight is 415 g/mol. The second-order valence-electron chi connectivity index (χ2n) is 8.07. The van der Waals surface area contributed by atoms with Gasteiger partial charge in [-0.1, -0.05) is 18.2 Å². The van der Waals surface area contributed by atoms with Crippen molar-refractivity contribution in [3.63, 3.8) is 0 Å². The predicted molar refractivity (Wildman–Crippen MR) is 114 cm³/mol. The second-order valence-corrected chi connectivity index (χ2v) is 8.07. The van der Waals surface area contributed by atoms with E-state index in [2.05, 4.69) is 22.0 Å². The molecule has 1 aromatic carbocycles. The van der Waals surface area contributed by atoms with Gasteiger partial charge in [-0.25, -0.2) is 13.9 Å². The molecule has 1 saturated heterocycles. The number of carbonyl (C=O) groups is 1. The highest BCUT2D eigenvalue weighted by atomic mass is 19.1. The van der Waals surface area contributed by atoms with Crippen LogP contribution in [0.3, 0.4) is 0 Å². The number of halogens is 1. The Morgan fingerprint density at radius 1 is 1.10 bits per heavy atom. The summed E-state index contributed by atoms with van der Waals surface area (Å²) in [4.78, 5) is 24.2. The van der Waals surface area contributed by atoms with Gasteiger partial charge in [0.25, 0.3) is 5.91 Å². The number of rotatable bonds is 4. The number of carbonyl (C=O) groups excluding carboxylic acids is 1. The summed E-state index contributed by atoms with van der Waals surface area (Å²) in [7, 11) is 0. The molecular weight excluding hydrogens is 393 g/mol. The molecule has 5 rings (SSSR count). The van der Waals surface area contributed by atoms with Crippen LogP contribution in [0.1, 0.15) is 47.1 Å². The maximum atomic E-state index is 14.1. The molecule has 0 aliphatic carbocycles. The van der Waals surface area contributed by atoms with Gasteiger partial charge >= 0.3 is 0 Å². The SMILES string of the molecule is C[C@]1(c2ccnc3ccnn23)CCCN1C(=O)c1ccnc(Cc2ccccc2F)c1. The minimum absolute atomic E-state index is 0.0608. The van der Waals surface area contributed by atoms with Crippen molar-refractivity contribution in [3.05, 3.63) is 95.5 Å². The lowest BCUT2D eigenvalue weighted by molar-refractivity contribution is 0.0608. The van der Waals surface area contributed by atoms with Gasteiger partial charge in [0.2, 0.25) is 0 Å². The van der Waals surface area contributed by atoms with Crippen molar-refractivity contribution in [1.82, 2.24) is 24.5 Å². The molecule has 1 aliphatic rings. The molecule has 4 aromatic rings. The summed E-state index contributed by atoms with van der Waals surface area (Å²) in [5, 5.41) is 4.41. The minimum atomic E-state index is -0.501. The number of aromatic nitrogens is 4. The Morgan fingerprint density at radius 3 is 2.81 bits per heavy atom. The predicted octanol–water partition coefficient (Wildman–Crippen LogP) is 4.01. The molecule has 6 nitrogen and oxygen atoms in total. The fraction of sp³-hybridized carbons (Fsp3) is 0.250. The van der Waals surface area contributed by atoms with E-state index in [9.17, 15) is 9.18 Å². The van der Waals surface area contributed by atoms with Crippen LogP contribution in [0.5, 0.6) is 0 Å². The van der Waals surface area contributed by atoms with E-state index in [0.717, 1.165) is 24.2 Å². The monoisotopic (exact) mass is 415 g/mol. The lowest BCUT2D eigenvalue weighted by Gasteiger charge is -2.35. The highest BCUT2D eigenvalue weighted by Crippen LogP contribution is 2.39. The normalized spacial score (nSPS) is 18.6. The van der Waals surface area contributed by atoms with Crippen LogP contribution in [-0.2, 0) is 12.0 Å². The Balaban J connectivity index is 1.47. The van der Waals surface area contributed by atoms with Gasteiger partial charge in [0, 0.05) is 42.7 Å². The second kappa shape index (κ2) is 7.58. The molecular formula is C24H22FN5O. The molecule has 4 heterocycles. The molecule has 7 heteroatoms. The zero-order chi connectivity index (χ0) is 21.4. The van der Waals surface area contributed by atoms with Crippen LogP contribution >= 0.6 is 0 Å². The van der Waals surface area contributed by atoms with Crippen LogP contribution in [0.2, 0.25) is 0 Å². The first-order chi connectivity index (χ1) is 15.1. The van der Waals surface area contributed by atoms with Gasteiger partial charge in [-0.2, -0.15) is 5.10 Å². The number of benzene rings is 1. The van der Waals surface area contributed by atoms with Crippen molar-refractivity contribution in [3.8, 4) is 0 Å². The van der Waals surface area contributed by atoms with E-state index in [-0.39, 0.29) is 11.7 Å².